The quantitative estimate of drug-likeness (QED) is 0.499. The van der Waals surface area contributed by atoms with Crippen LogP contribution in [-0.2, 0) is 10.1 Å². The molecule has 0 saturated carbocycles. The van der Waals surface area contributed by atoms with E-state index >= 15 is 0 Å². The fourth-order valence-electron chi connectivity index (χ4n) is 1.81. The summed E-state index contributed by atoms with van der Waals surface area (Å²) in [5.74, 6) is 0.699. The molecular formula is C15H13NO3S3. The maximum absolute atomic E-state index is 11.9. The van der Waals surface area contributed by atoms with Gasteiger partial charge in [0.05, 0.1) is 16.0 Å². The third-order valence-corrected chi connectivity index (χ3v) is 6.39. The highest BCUT2D eigenvalue weighted by Gasteiger charge is 2.13. The second-order valence-corrected chi connectivity index (χ2v) is 8.52. The van der Waals surface area contributed by atoms with Crippen molar-refractivity contribution in [1.29, 1.82) is 0 Å². The van der Waals surface area contributed by atoms with E-state index in [1.807, 2.05) is 30.3 Å². The van der Waals surface area contributed by atoms with Crippen molar-refractivity contribution in [2.24, 2.45) is 0 Å². The lowest BCUT2D eigenvalue weighted by Gasteiger charge is -2.05. The van der Waals surface area contributed by atoms with Gasteiger partial charge in [-0.2, -0.15) is 8.42 Å². The van der Waals surface area contributed by atoms with E-state index in [9.17, 15) is 8.42 Å². The summed E-state index contributed by atoms with van der Waals surface area (Å²) in [6.07, 6.45) is 0. The first-order valence-corrected chi connectivity index (χ1v) is 9.96. The first-order valence-electron chi connectivity index (χ1n) is 6.58. The van der Waals surface area contributed by atoms with Gasteiger partial charge in [-0.25, -0.2) is 4.98 Å². The fraction of sp³-hybridized carbons (Fsp3) is 0.133. The Morgan fingerprint density at radius 1 is 1.05 bits per heavy atom. The summed E-state index contributed by atoms with van der Waals surface area (Å²) < 4.78 is 30.8. The molecule has 3 aromatic rings. The molecule has 0 amide bonds. The smallest absolute Gasteiger partial charge is 0.310 e. The molecule has 7 heteroatoms. The molecule has 0 aliphatic rings. The van der Waals surface area contributed by atoms with Crippen molar-refractivity contribution < 1.29 is 12.6 Å². The highest BCUT2D eigenvalue weighted by Crippen LogP contribution is 2.29. The third kappa shape index (κ3) is 4.00. The molecule has 3 rings (SSSR count). The molecule has 2 aromatic carbocycles. The second-order valence-electron chi connectivity index (χ2n) is 4.45. The minimum atomic E-state index is -3.58. The van der Waals surface area contributed by atoms with Gasteiger partial charge in [-0.1, -0.05) is 42.1 Å². The predicted octanol–water partition coefficient (Wildman–Crippen LogP) is 3.80. The summed E-state index contributed by atoms with van der Waals surface area (Å²) in [6.45, 7) is 0. The SMILES string of the molecule is O=S(=O)(CCSc1nc2ccccc2s1)Oc1ccccc1. The van der Waals surface area contributed by atoms with Gasteiger partial charge in [0, 0.05) is 5.75 Å². The zero-order chi connectivity index (χ0) is 15.4. The molecule has 0 radical (unpaired) electrons. The van der Waals surface area contributed by atoms with Crippen molar-refractivity contribution in [2.75, 3.05) is 11.5 Å². The van der Waals surface area contributed by atoms with E-state index in [0.29, 0.717) is 11.5 Å². The topological polar surface area (TPSA) is 56.3 Å². The number of nitrogens with zero attached hydrogens (tertiary/aromatic N) is 1. The van der Waals surface area contributed by atoms with Crippen molar-refractivity contribution >= 4 is 43.4 Å². The molecule has 0 saturated heterocycles. The Bertz CT molecular complexity index is 827. The Balaban J connectivity index is 1.58. The van der Waals surface area contributed by atoms with E-state index in [1.54, 1.807) is 35.6 Å². The molecule has 4 nitrogen and oxygen atoms in total. The average Bonchev–Trinajstić information content (AvgIpc) is 2.90. The van der Waals surface area contributed by atoms with E-state index in [-0.39, 0.29) is 5.75 Å². The Hall–Kier alpha value is -1.57. The van der Waals surface area contributed by atoms with Gasteiger partial charge in [-0.05, 0) is 24.3 Å². The number of para-hydroxylation sites is 2. The van der Waals surface area contributed by atoms with E-state index < -0.39 is 10.1 Å². The van der Waals surface area contributed by atoms with Gasteiger partial charge in [0.2, 0.25) is 0 Å². The third-order valence-electron chi connectivity index (χ3n) is 2.80. The van der Waals surface area contributed by atoms with E-state index in [1.165, 1.54) is 11.8 Å². The molecule has 0 unspecified atom stereocenters. The minimum Gasteiger partial charge on any atom is -0.382 e. The van der Waals surface area contributed by atoms with E-state index in [4.69, 9.17) is 4.18 Å². The average molecular weight is 351 g/mol. The number of hydrogen-bond acceptors (Lipinski definition) is 6. The zero-order valence-corrected chi connectivity index (χ0v) is 14.0. The van der Waals surface area contributed by atoms with Gasteiger partial charge in [-0.15, -0.1) is 11.3 Å². The summed E-state index contributed by atoms with van der Waals surface area (Å²) >= 11 is 3.00. The van der Waals surface area contributed by atoms with Crippen molar-refractivity contribution in [1.82, 2.24) is 4.98 Å². The first kappa shape index (κ1) is 15.3. The molecule has 0 aliphatic heterocycles. The van der Waals surface area contributed by atoms with Crippen LogP contribution in [-0.4, -0.2) is 24.9 Å². The molecule has 1 heterocycles. The van der Waals surface area contributed by atoms with Crippen LogP contribution in [0.4, 0.5) is 0 Å². The van der Waals surface area contributed by atoms with Gasteiger partial charge in [0.25, 0.3) is 0 Å². The zero-order valence-electron chi connectivity index (χ0n) is 11.5. The summed E-state index contributed by atoms with van der Waals surface area (Å²) in [7, 11) is -3.58. The number of fused-ring (bicyclic) bond motifs is 1. The molecule has 114 valence electrons. The van der Waals surface area contributed by atoms with Crippen LogP contribution >= 0.6 is 23.1 Å². The second kappa shape index (κ2) is 6.68. The fourth-order valence-corrected chi connectivity index (χ4v) is 5.24. The standard InChI is InChI=1S/C15H13NO3S3/c17-22(18,19-12-6-2-1-3-7-12)11-10-20-15-16-13-8-4-5-9-14(13)21-15/h1-9H,10-11H2. The first-order chi connectivity index (χ1) is 10.6. The van der Waals surface area contributed by atoms with Crippen LogP contribution in [0.5, 0.6) is 5.75 Å². The summed E-state index contributed by atoms with van der Waals surface area (Å²) in [6, 6.07) is 16.4. The van der Waals surface area contributed by atoms with Crippen LogP contribution < -0.4 is 4.18 Å². The number of aromatic nitrogens is 1. The lowest BCUT2D eigenvalue weighted by Crippen LogP contribution is -2.15. The monoisotopic (exact) mass is 351 g/mol. The molecule has 1 aromatic heterocycles. The van der Waals surface area contributed by atoms with Crippen LogP contribution in [0.2, 0.25) is 0 Å². The van der Waals surface area contributed by atoms with Gasteiger partial charge in [0.1, 0.15) is 5.75 Å². The van der Waals surface area contributed by atoms with Gasteiger partial charge >= 0.3 is 10.1 Å². The molecule has 0 bridgehead atoms. The van der Waals surface area contributed by atoms with Crippen LogP contribution in [0.3, 0.4) is 0 Å². The molecule has 0 spiro atoms. The van der Waals surface area contributed by atoms with Crippen molar-refractivity contribution in [3.63, 3.8) is 0 Å². The molecule has 0 atom stereocenters. The maximum Gasteiger partial charge on any atom is 0.310 e. The Labute approximate surface area is 137 Å². The predicted molar refractivity (Wildman–Crippen MR) is 91.2 cm³/mol. The molecule has 0 N–H and O–H groups in total. The van der Waals surface area contributed by atoms with Gasteiger partial charge < -0.3 is 4.18 Å². The maximum atomic E-state index is 11.9. The van der Waals surface area contributed by atoms with E-state index in [0.717, 1.165) is 14.6 Å². The highest BCUT2D eigenvalue weighted by molar-refractivity contribution is 8.02. The van der Waals surface area contributed by atoms with Gasteiger partial charge in [-0.3, -0.25) is 0 Å². The highest BCUT2D eigenvalue weighted by atomic mass is 32.2. The van der Waals surface area contributed by atoms with Crippen molar-refractivity contribution in [3.05, 3.63) is 54.6 Å². The normalized spacial score (nSPS) is 11.6. The molecule has 22 heavy (non-hydrogen) atoms. The van der Waals surface area contributed by atoms with Crippen LogP contribution in [0.25, 0.3) is 10.2 Å². The lowest BCUT2D eigenvalue weighted by atomic mass is 10.3. The number of thiazole rings is 1. The summed E-state index contributed by atoms with van der Waals surface area (Å²) in [5, 5.41) is 0. The molecule has 0 fully saturated rings. The van der Waals surface area contributed by atoms with E-state index in [2.05, 4.69) is 4.98 Å². The summed E-state index contributed by atoms with van der Waals surface area (Å²) in [5.41, 5.74) is 0.943. The Morgan fingerprint density at radius 2 is 1.77 bits per heavy atom. The van der Waals surface area contributed by atoms with Crippen molar-refractivity contribution in [2.45, 2.75) is 4.34 Å². The molecular weight excluding hydrogens is 338 g/mol. The largest absolute Gasteiger partial charge is 0.382 e. The van der Waals surface area contributed by atoms with Crippen molar-refractivity contribution in [3.8, 4) is 5.75 Å². The number of thioether (sulfide) groups is 1. The lowest BCUT2D eigenvalue weighted by molar-refractivity contribution is 0.488. The number of rotatable bonds is 6. The van der Waals surface area contributed by atoms with Crippen LogP contribution in [0, 0.1) is 0 Å². The van der Waals surface area contributed by atoms with Crippen LogP contribution in [0.1, 0.15) is 0 Å². The van der Waals surface area contributed by atoms with Gasteiger partial charge in [0.15, 0.2) is 4.34 Å². The Morgan fingerprint density at radius 3 is 2.55 bits per heavy atom. The Kier molecular flexibility index (Phi) is 4.66. The number of benzene rings is 2. The minimum absolute atomic E-state index is 0.0531. The van der Waals surface area contributed by atoms with Crippen LogP contribution in [0.15, 0.2) is 58.9 Å². The molecule has 0 aliphatic carbocycles. The number of hydrogen-bond donors (Lipinski definition) is 0. The summed E-state index contributed by atoms with van der Waals surface area (Å²) in [4.78, 5) is 4.46.